The first-order chi connectivity index (χ1) is 12.2. The van der Waals surface area contributed by atoms with Crippen LogP contribution in [0.3, 0.4) is 0 Å². The van der Waals surface area contributed by atoms with E-state index in [-0.39, 0.29) is 16.3 Å². The number of nitrogens with zero attached hydrogens (tertiary/aromatic N) is 1. The molecule has 140 valence electrons. The van der Waals surface area contributed by atoms with Crippen LogP contribution in [-0.2, 0) is 20.6 Å². The molecular formula is C17H18F2N2O3S2. The molecule has 0 aliphatic rings. The zero-order valence-corrected chi connectivity index (χ0v) is 15.8. The van der Waals surface area contributed by atoms with E-state index in [0.717, 1.165) is 28.1 Å². The average molecular weight is 400 g/mol. The quantitative estimate of drug-likeness (QED) is 0.776. The van der Waals surface area contributed by atoms with E-state index in [0.29, 0.717) is 5.75 Å². The molecule has 0 fully saturated rings. The molecule has 2 aromatic carbocycles. The van der Waals surface area contributed by atoms with E-state index >= 15 is 0 Å². The van der Waals surface area contributed by atoms with Crippen LogP contribution in [0, 0.1) is 11.6 Å². The predicted molar refractivity (Wildman–Crippen MR) is 98.5 cm³/mol. The summed E-state index contributed by atoms with van der Waals surface area (Å²) < 4.78 is 51.9. The SMILES string of the molecule is CN(C)S(=O)(=O)c1cccc(CSCC(=O)Nc2cc(F)ccc2F)c1. The number of hydrogen-bond donors (Lipinski definition) is 1. The first-order valence-corrected chi connectivity index (χ1v) is 10.1. The Balaban J connectivity index is 1.94. The highest BCUT2D eigenvalue weighted by atomic mass is 32.2. The fourth-order valence-corrected chi connectivity index (χ4v) is 3.80. The average Bonchev–Trinajstić information content (AvgIpc) is 2.58. The lowest BCUT2D eigenvalue weighted by Crippen LogP contribution is -2.22. The van der Waals surface area contributed by atoms with Crippen molar-refractivity contribution in [3.8, 4) is 0 Å². The van der Waals surface area contributed by atoms with Crippen LogP contribution in [0.25, 0.3) is 0 Å². The fourth-order valence-electron chi connectivity index (χ4n) is 2.05. The van der Waals surface area contributed by atoms with Crippen molar-refractivity contribution in [2.45, 2.75) is 10.6 Å². The molecule has 0 saturated heterocycles. The summed E-state index contributed by atoms with van der Waals surface area (Å²) in [6.45, 7) is 0. The molecule has 1 N–H and O–H groups in total. The minimum absolute atomic E-state index is 0.0145. The van der Waals surface area contributed by atoms with Crippen LogP contribution in [0.2, 0.25) is 0 Å². The van der Waals surface area contributed by atoms with E-state index in [1.54, 1.807) is 18.2 Å². The van der Waals surface area contributed by atoms with Gasteiger partial charge >= 0.3 is 0 Å². The van der Waals surface area contributed by atoms with E-state index in [2.05, 4.69) is 5.32 Å². The van der Waals surface area contributed by atoms with Crippen LogP contribution >= 0.6 is 11.8 Å². The van der Waals surface area contributed by atoms with Crippen molar-refractivity contribution in [2.24, 2.45) is 0 Å². The molecule has 0 aliphatic carbocycles. The number of benzene rings is 2. The number of hydrogen-bond acceptors (Lipinski definition) is 4. The fraction of sp³-hybridized carbons (Fsp3) is 0.235. The maximum Gasteiger partial charge on any atom is 0.242 e. The molecule has 9 heteroatoms. The first kappa shape index (κ1) is 20.3. The second-order valence-corrected chi connectivity index (χ2v) is 8.74. The van der Waals surface area contributed by atoms with Crippen molar-refractivity contribution in [1.82, 2.24) is 4.31 Å². The van der Waals surface area contributed by atoms with Crippen LogP contribution in [0.5, 0.6) is 0 Å². The van der Waals surface area contributed by atoms with Crippen LogP contribution in [0.1, 0.15) is 5.56 Å². The van der Waals surface area contributed by atoms with Gasteiger partial charge in [0.25, 0.3) is 0 Å². The highest BCUT2D eigenvalue weighted by molar-refractivity contribution is 7.99. The topological polar surface area (TPSA) is 66.5 Å². The summed E-state index contributed by atoms with van der Waals surface area (Å²) in [5.41, 5.74) is 0.525. The van der Waals surface area contributed by atoms with Crippen molar-refractivity contribution >= 4 is 33.4 Å². The Labute approximate surface area is 155 Å². The maximum absolute atomic E-state index is 13.5. The second kappa shape index (κ2) is 8.61. The molecule has 0 aromatic heterocycles. The summed E-state index contributed by atoms with van der Waals surface area (Å²) in [5, 5.41) is 2.31. The summed E-state index contributed by atoms with van der Waals surface area (Å²) >= 11 is 1.23. The lowest BCUT2D eigenvalue weighted by Gasteiger charge is -2.12. The maximum atomic E-state index is 13.5. The van der Waals surface area contributed by atoms with Gasteiger partial charge in [-0.2, -0.15) is 0 Å². The third-order valence-corrected chi connectivity index (χ3v) is 6.20. The summed E-state index contributed by atoms with van der Waals surface area (Å²) in [5.74, 6) is -1.42. The molecule has 5 nitrogen and oxygen atoms in total. The molecule has 0 atom stereocenters. The van der Waals surface area contributed by atoms with Gasteiger partial charge in [-0.1, -0.05) is 12.1 Å². The Kier molecular flexibility index (Phi) is 6.74. The molecule has 0 radical (unpaired) electrons. The molecule has 2 aromatic rings. The number of thioether (sulfide) groups is 1. The molecule has 0 bridgehead atoms. The van der Waals surface area contributed by atoms with E-state index < -0.39 is 27.6 Å². The van der Waals surface area contributed by atoms with Gasteiger partial charge in [0.15, 0.2) is 0 Å². The van der Waals surface area contributed by atoms with Crippen molar-refractivity contribution < 1.29 is 22.0 Å². The Hall–Kier alpha value is -1.97. The monoisotopic (exact) mass is 400 g/mol. The highest BCUT2D eigenvalue weighted by Gasteiger charge is 2.17. The number of nitrogens with one attached hydrogen (secondary N) is 1. The Bertz CT molecular complexity index is 903. The number of carbonyl (C=O) groups is 1. The summed E-state index contributed by atoms with van der Waals surface area (Å²) in [6, 6.07) is 9.26. The molecule has 0 spiro atoms. The number of rotatable bonds is 7. The van der Waals surface area contributed by atoms with Gasteiger partial charge in [0, 0.05) is 25.9 Å². The van der Waals surface area contributed by atoms with Gasteiger partial charge in [0.05, 0.1) is 16.3 Å². The van der Waals surface area contributed by atoms with Crippen molar-refractivity contribution in [3.63, 3.8) is 0 Å². The van der Waals surface area contributed by atoms with Crippen molar-refractivity contribution in [2.75, 3.05) is 25.2 Å². The Morgan fingerprint density at radius 2 is 1.88 bits per heavy atom. The van der Waals surface area contributed by atoms with Crippen molar-refractivity contribution in [1.29, 1.82) is 0 Å². The predicted octanol–water partition coefficient (Wildman–Crippen LogP) is 3.09. The van der Waals surface area contributed by atoms with E-state index in [9.17, 15) is 22.0 Å². The molecule has 26 heavy (non-hydrogen) atoms. The molecule has 1 amide bonds. The van der Waals surface area contributed by atoms with E-state index in [4.69, 9.17) is 0 Å². The molecule has 2 rings (SSSR count). The minimum atomic E-state index is -3.52. The number of sulfonamides is 1. The lowest BCUT2D eigenvalue weighted by atomic mass is 10.2. The van der Waals surface area contributed by atoms with Gasteiger partial charge < -0.3 is 5.32 Å². The van der Waals surface area contributed by atoms with Crippen LogP contribution in [0.15, 0.2) is 47.4 Å². The Morgan fingerprint density at radius 1 is 1.15 bits per heavy atom. The normalized spacial score (nSPS) is 11.6. The molecule has 0 unspecified atom stereocenters. The lowest BCUT2D eigenvalue weighted by molar-refractivity contribution is -0.113. The molecule has 0 saturated carbocycles. The summed E-state index contributed by atoms with van der Waals surface area (Å²) in [7, 11) is -0.621. The van der Waals surface area contributed by atoms with Crippen molar-refractivity contribution in [3.05, 3.63) is 59.7 Å². The zero-order chi connectivity index (χ0) is 19.3. The second-order valence-electron chi connectivity index (χ2n) is 5.60. The Morgan fingerprint density at radius 3 is 2.58 bits per heavy atom. The van der Waals surface area contributed by atoms with Gasteiger partial charge in [-0.05, 0) is 29.8 Å². The summed E-state index contributed by atoms with van der Waals surface area (Å²) in [4.78, 5) is 12.0. The first-order valence-electron chi connectivity index (χ1n) is 7.54. The van der Waals surface area contributed by atoms with E-state index in [1.165, 1.54) is 31.9 Å². The van der Waals surface area contributed by atoms with Gasteiger partial charge in [-0.3, -0.25) is 4.79 Å². The largest absolute Gasteiger partial charge is 0.323 e. The van der Waals surface area contributed by atoms with Gasteiger partial charge in [0.2, 0.25) is 15.9 Å². The van der Waals surface area contributed by atoms with Gasteiger partial charge in [-0.15, -0.1) is 11.8 Å². The molecule has 0 aliphatic heterocycles. The number of anilines is 1. The van der Waals surface area contributed by atoms with E-state index in [1.807, 2.05) is 0 Å². The van der Waals surface area contributed by atoms with Gasteiger partial charge in [-0.25, -0.2) is 21.5 Å². The molecular weight excluding hydrogens is 382 g/mol. The third-order valence-electron chi connectivity index (χ3n) is 3.38. The van der Waals surface area contributed by atoms with Crippen LogP contribution in [-0.4, -0.2) is 38.5 Å². The standard InChI is InChI=1S/C17H18F2N2O3S2/c1-21(2)26(23,24)14-5-3-4-12(8-14)10-25-11-17(22)20-16-9-13(18)6-7-15(16)19/h3-9H,10-11H2,1-2H3,(H,20,22). The van der Waals surface area contributed by atoms with Gasteiger partial charge in [0.1, 0.15) is 11.6 Å². The minimum Gasteiger partial charge on any atom is -0.323 e. The van der Waals surface area contributed by atoms with Crippen LogP contribution in [0.4, 0.5) is 14.5 Å². The molecule has 0 heterocycles. The number of carbonyl (C=O) groups excluding carboxylic acids is 1. The zero-order valence-electron chi connectivity index (χ0n) is 14.2. The number of amides is 1. The smallest absolute Gasteiger partial charge is 0.242 e. The van der Waals surface area contributed by atoms with Crippen LogP contribution < -0.4 is 5.32 Å². The highest BCUT2D eigenvalue weighted by Crippen LogP contribution is 2.20. The number of halogens is 2. The summed E-state index contributed by atoms with van der Waals surface area (Å²) in [6.07, 6.45) is 0. The third kappa shape index (κ3) is 5.26.